The van der Waals surface area contributed by atoms with Crippen molar-refractivity contribution >= 4 is 18.1 Å². The van der Waals surface area contributed by atoms with Crippen molar-refractivity contribution in [2.24, 2.45) is 21.7 Å². The number of guanidine groups is 1. The van der Waals surface area contributed by atoms with E-state index in [4.69, 9.17) is 21.3 Å². The Morgan fingerprint density at radius 2 is 2.12 bits per heavy atom. The van der Waals surface area contributed by atoms with Crippen molar-refractivity contribution in [2.75, 3.05) is 6.61 Å². The summed E-state index contributed by atoms with van der Waals surface area (Å²) in [6, 6.07) is 6.79. The Bertz CT molecular complexity index is 453. The van der Waals surface area contributed by atoms with Gasteiger partial charge in [0.15, 0.2) is 6.61 Å². The van der Waals surface area contributed by atoms with Gasteiger partial charge in [0.2, 0.25) is 5.96 Å². The fourth-order valence-corrected chi connectivity index (χ4v) is 1.02. The smallest absolute Gasteiger partial charge is 0.341 e. The summed E-state index contributed by atoms with van der Waals surface area (Å²) >= 11 is 0. The maximum absolute atomic E-state index is 10.4. The molecule has 90 valence electrons. The van der Waals surface area contributed by atoms with Crippen molar-refractivity contribution in [3.05, 3.63) is 29.8 Å². The number of carboxylic acids is 1. The molecule has 0 radical (unpaired) electrons. The number of nitrogens with two attached hydrogens (primary N) is 2. The number of rotatable bonds is 5. The van der Waals surface area contributed by atoms with Gasteiger partial charge < -0.3 is 21.3 Å². The second-order valence-corrected chi connectivity index (χ2v) is 2.99. The molecule has 0 aliphatic heterocycles. The lowest BCUT2D eigenvalue weighted by atomic mass is 10.2. The fourth-order valence-electron chi connectivity index (χ4n) is 1.02. The van der Waals surface area contributed by atoms with Gasteiger partial charge in [-0.3, -0.25) is 0 Å². The van der Waals surface area contributed by atoms with Crippen LogP contribution in [0.5, 0.6) is 5.75 Å². The molecule has 0 fully saturated rings. The molecule has 17 heavy (non-hydrogen) atoms. The Morgan fingerprint density at radius 1 is 1.41 bits per heavy atom. The summed E-state index contributed by atoms with van der Waals surface area (Å²) in [5.41, 5.74) is 10.8. The first-order valence-electron chi connectivity index (χ1n) is 4.65. The topological polar surface area (TPSA) is 123 Å². The van der Waals surface area contributed by atoms with Crippen LogP contribution in [0, 0.1) is 0 Å². The van der Waals surface area contributed by atoms with E-state index in [1.165, 1.54) is 6.21 Å². The van der Waals surface area contributed by atoms with Crippen LogP contribution in [0.25, 0.3) is 0 Å². The summed E-state index contributed by atoms with van der Waals surface area (Å²) in [5.74, 6) is -0.824. The zero-order chi connectivity index (χ0) is 12.7. The van der Waals surface area contributed by atoms with Crippen LogP contribution in [0.1, 0.15) is 5.56 Å². The Hall–Kier alpha value is -2.57. The van der Waals surface area contributed by atoms with Crippen molar-refractivity contribution in [1.82, 2.24) is 0 Å². The second-order valence-electron chi connectivity index (χ2n) is 2.99. The van der Waals surface area contributed by atoms with Crippen LogP contribution in [0.2, 0.25) is 0 Å². The van der Waals surface area contributed by atoms with Gasteiger partial charge in [0.1, 0.15) is 5.75 Å². The molecule has 0 bridgehead atoms. The molecule has 1 aromatic rings. The van der Waals surface area contributed by atoms with Crippen LogP contribution < -0.4 is 16.2 Å². The van der Waals surface area contributed by atoms with Crippen LogP contribution in [0.3, 0.4) is 0 Å². The first kappa shape index (κ1) is 12.5. The highest BCUT2D eigenvalue weighted by atomic mass is 16.5. The standard InChI is InChI=1S/C10H12N4O3/c11-10(12)14-13-5-7-3-1-2-4-8(7)17-6-9(15)16/h1-5H,6H2,(H,15,16)(H4,11,12,14). The van der Waals surface area contributed by atoms with Crippen molar-refractivity contribution < 1.29 is 14.6 Å². The zero-order valence-corrected chi connectivity index (χ0v) is 8.91. The van der Waals surface area contributed by atoms with E-state index in [-0.39, 0.29) is 5.96 Å². The molecule has 7 nitrogen and oxygen atoms in total. The molecule has 0 unspecified atom stereocenters. The molecule has 0 aromatic heterocycles. The normalized spacial score (nSPS) is 10.1. The molecule has 0 spiro atoms. The molecule has 0 saturated heterocycles. The molecule has 0 heterocycles. The van der Waals surface area contributed by atoms with E-state index in [1.54, 1.807) is 24.3 Å². The highest BCUT2D eigenvalue weighted by molar-refractivity contribution is 5.84. The van der Waals surface area contributed by atoms with Gasteiger partial charge in [-0.1, -0.05) is 12.1 Å². The van der Waals surface area contributed by atoms with Crippen molar-refractivity contribution in [1.29, 1.82) is 0 Å². The first-order chi connectivity index (χ1) is 8.09. The minimum absolute atomic E-state index is 0.162. The highest BCUT2D eigenvalue weighted by Crippen LogP contribution is 2.15. The van der Waals surface area contributed by atoms with E-state index in [0.29, 0.717) is 11.3 Å². The van der Waals surface area contributed by atoms with Gasteiger partial charge in [0.05, 0.1) is 6.21 Å². The third-order valence-corrected chi connectivity index (χ3v) is 1.64. The van der Waals surface area contributed by atoms with Gasteiger partial charge in [-0.05, 0) is 12.1 Å². The van der Waals surface area contributed by atoms with Crippen LogP contribution in [0.15, 0.2) is 34.5 Å². The van der Waals surface area contributed by atoms with E-state index in [1.807, 2.05) is 0 Å². The minimum Gasteiger partial charge on any atom is -0.481 e. The Kier molecular flexibility index (Phi) is 4.49. The van der Waals surface area contributed by atoms with Crippen molar-refractivity contribution in [3.8, 4) is 5.75 Å². The van der Waals surface area contributed by atoms with Crippen molar-refractivity contribution in [3.63, 3.8) is 0 Å². The molecule has 1 rings (SSSR count). The summed E-state index contributed by atoms with van der Waals surface area (Å²) < 4.78 is 5.05. The molecule has 0 amide bonds. The SMILES string of the molecule is NC(N)=NN=Cc1ccccc1OCC(=O)O. The minimum atomic E-state index is -1.05. The lowest BCUT2D eigenvalue weighted by molar-refractivity contribution is -0.139. The van der Waals surface area contributed by atoms with E-state index in [9.17, 15) is 4.79 Å². The van der Waals surface area contributed by atoms with Gasteiger partial charge in [0, 0.05) is 5.56 Å². The summed E-state index contributed by atoms with van der Waals surface area (Å²) in [5, 5.41) is 15.5. The van der Waals surface area contributed by atoms with Crippen molar-refractivity contribution in [2.45, 2.75) is 0 Å². The average Bonchev–Trinajstić information content (AvgIpc) is 2.27. The van der Waals surface area contributed by atoms with E-state index in [0.717, 1.165) is 0 Å². The van der Waals surface area contributed by atoms with Gasteiger partial charge in [-0.15, -0.1) is 5.10 Å². The molecular formula is C10H12N4O3. The molecule has 0 saturated carbocycles. The number of carboxylic acid groups (broad SMARTS) is 1. The molecule has 1 aromatic carbocycles. The summed E-state index contributed by atoms with van der Waals surface area (Å²) in [6.45, 7) is -0.423. The zero-order valence-electron chi connectivity index (χ0n) is 8.91. The summed E-state index contributed by atoms with van der Waals surface area (Å²) in [4.78, 5) is 10.4. The van der Waals surface area contributed by atoms with Gasteiger partial charge >= 0.3 is 5.97 Å². The second kappa shape index (κ2) is 6.11. The van der Waals surface area contributed by atoms with Gasteiger partial charge in [0.25, 0.3) is 0 Å². The van der Waals surface area contributed by atoms with Crippen LogP contribution in [-0.2, 0) is 4.79 Å². The number of hydrogen-bond donors (Lipinski definition) is 3. The quantitative estimate of drug-likeness (QED) is 0.369. The third-order valence-electron chi connectivity index (χ3n) is 1.64. The Balaban J connectivity index is 2.80. The number of para-hydroxylation sites is 1. The number of hydrogen-bond acceptors (Lipinski definition) is 4. The van der Waals surface area contributed by atoms with Crippen LogP contribution in [0.4, 0.5) is 0 Å². The van der Waals surface area contributed by atoms with E-state index in [2.05, 4.69) is 10.2 Å². The maximum Gasteiger partial charge on any atom is 0.341 e. The lowest BCUT2D eigenvalue weighted by Gasteiger charge is -2.05. The molecule has 7 heteroatoms. The highest BCUT2D eigenvalue weighted by Gasteiger charge is 2.03. The lowest BCUT2D eigenvalue weighted by Crippen LogP contribution is -2.21. The molecule has 0 aliphatic carbocycles. The summed E-state index contributed by atoms with van der Waals surface area (Å²) in [6.07, 6.45) is 1.37. The maximum atomic E-state index is 10.4. The molecule has 0 aliphatic rings. The number of benzene rings is 1. The monoisotopic (exact) mass is 236 g/mol. The predicted octanol–water partition coefficient (Wildman–Crippen LogP) is -0.243. The number of nitrogens with zero attached hydrogens (tertiary/aromatic N) is 2. The van der Waals surface area contributed by atoms with Crippen LogP contribution >= 0.6 is 0 Å². The van der Waals surface area contributed by atoms with E-state index >= 15 is 0 Å². The third kappa shape index (κ3) is 4.65. The summed E-state index contributed by atoms with van der Waals surface area (Å²) in [7, 11) is 0. The number of aliphatic carboxylic acids is 1. The molecule has 0 atom stereocenters. The first-order valence-corrected chi connectivity index (χ1v) is 4.65. The number of ether oxygens (including phenoxy) is 1. The molecule has 5 N–H and O–H groups in total. The molecular weight excluding hydrogens is 224 g/mol. The van der Waals surface area contributed by atoms with Gasteiger partial charge in [-0.2, -0.15) is 5.10 Å². The van der Waals surface area contributed by atoms with Crippen LogP contribution in [-0.4, -0.2) is 29.9 Å². The van der Waals surface area contributed by atoms with E-state index < -0.39 is 12.6 Å². The Labute approximate surface area is 97.4 Å². The van der Waals surface area contributed by atoms with Gasteiger partial charge in [-0.25, -0.2) is 4.79 Å². The fraction of sp³-hybridized carbons (Fsp3) is 0.100. The number of carbonyl (C=O) groups is 1. The Morgan fingerprint density at radius 3 is 2.76 bits per heavy atom. The predicted molar refractivity (Wildman–Crippen MR) is 63.0 cm³/mol. The average molecular weight is 236 g/mol. The largest absolute Gasteiger partial charge is 0.481 e.